The molecule has 0 aromatic carbocycles. The second kappa shape index (κ2) is 9.11. The van der Waals surface area contributed by atoms with Crippen LogP contribution in [0.4, 0.5) is 7.21 Å². The molecule has 0 aliphatic rings. The minimum atomic E-state index is -1.38. The quantitative estimate of drug-likeness (QED) is 0.450. The van der Waals surface area contributed by atoms with Crippen LogP contribution in [0.1, 0.15) is 0 Å². The summed E-state index contributed by atoms with van der Waals surface area (Å²) in [5.41, 5.74) is 0. The number of hydrogen-bond donors (Lipinski definition) is 0. The molecule has 0 unspecified atom stereocenters. The summed E-state index contributed by atoms with van der Waals surface area (Å²) in [6.07, 6.45) is 0. The van der Waals surface area contributed by atoms with Crippen LogP contribution in [-0.2, 0) is 32.4 Å². The minimum Gasteiger partial charge on any atom is 0 e. The van der Waals surface area contributed by atoms with Gasteiger partial charge in [0.25, 0.3) is 0 Å². The minimum absolute atomic E-state index is 0. The van der Waals surface area contributed by atoms with Crippen molar-refractivity contribution in [1.29, 1.82) is 0 Å². The third-order valence-electron chi connectivity index (χ3n) is 0. The molecule has 0 bridgehead atoms. The summed E-state index contributed by atoms with van der Waals surface area (Å²) >= 11 is -1.38. The fourth-order valence-corrected chi connectivity index (χ4v) is 0. The average Bonchev–Trinajstić information content (AvgIpc) is 0.918. The van der Waals surface area contributed by atoms with Crippen molar-refractivity contribution in [3.05, 3.63) is 0 Å². The molecule has 0 fully saturated rings. The Labute approximate surface area is 40.1 Å². The van der Waals surface area contributed by atoms with Crippen molar-refractivity contribution in [2.45, 2.75) is 0 Å². The van der Waals surface area contributed by atoms with Gasteiger partial charge in [-0.15, -0.1) is 0 Å². The summed E-state index contributed by atoms with van der Waals surface area (Å²) in [7, 11) is 0. The molecule has 0 aromatic heterocycles. The molecule has 0 saturated heterocycles. The first-order chi connectivity index (χ1) is 1.41. The van der Waals surface area contributed by atoms with Gasteiger partial charge in [0.1, 0.15) is 0 Å². The van der Waals surface area contributed by atoms with Crippen LogP contribution < -0.4 is 0 Å². The van der Waals surface area contributed by atoms with Gasteiger partial charge in [-0.2, -0.15) is 0 Å². The second-order valence-electron chi connectivity index (χ2n) is 0.0452. The zero-order valence-electron chi connectivity index (χ0n) is 1.45. The van der Waals surface area contributed by atoms with Crippen LogP contribution in [-0.4, -0.2) is 0 Å². The Morgan fingerprint density at radius 1 is 1.25 bits per heavy atom. The van der Waals surface area contributed by atoms with Gasteiger partial charge >= 0.3 is 22.5 Å². The Morgan fingerprint density at radius 3 is 1.25 bits per heavy atom. The summed E-state index contributed by atoms with van der Waals surface area (Å²) in [6, 6.07) is 0. The summed E-state index contributed by atoms with van der Waals surface area (Å²) in [6.45, 7) is 0. The number of hydrogen-bond acceptors (Lipinski definition) is 0. The average molecular weight is 152 g/mol. The van der Waals surface area contributed by atoms with E-state index in [9.17, 15) is 7.21 Å². The van der Waals surface area contributed by atoms with Crippen LogP contribution in [0.3, 0.4) is 0 Å². The molecule has 0 aliphatic carbocycles. The predicted molar refractivity (Wildman–Crippen MR) is 2.22 cm³/mol. The maximum absolute atomic E-state index is 9.56. The Hall–Kier alpha value is 0.873. The van der Waals surface area contributed by atoms with Gasteiger partial charge in [0, 0.05) is 17.1 Å². The fraction of sp³-hybridized carbons (Fsp3) is 0. The largest absolute Gasteiger partial charge is 0 e. The van der Waals surface area contributed by atoms with Crippen LogP contribution in [0.25, 0.3) is 0 Å². The van der Waals surface area contributed by atoms with E-state index in [1.54, 1.807) is 0 Å². The van der Waals surface area contributed by atoms with E-state index in [0.717, 1.165) is 0 Å². The maximum Gasteiger partial charge on any atom is 0 e. The van der Waals surface area contributed by atoms with Gasteiger partial charge in [0.05, 0.1) is 0 Å². The SMILES string of the molecule is [F][Ni][F].[Mn]. The smallest absolute Gasteiger partial charge is 0 e. The summed E-state index contributed by atoms with van der Waals surface area (Å²) in [5, 5.41) is 0. The van der Waals surface area contributed by atoms with E-state index >= 15 is 0 Å². The van der Waals surface area contributed by atoms with E-state index in [4.69, 9.17) is 0 Å². The molecule has 0 aliphatic heterocycles. The van der Waals surface area contributed by atoms with Crippen molar-refractivity contribution < 1.29 is 39.6 Å². The fourth-order valence-electron chi connectivity index (χ4n) is 0. The van der Waals surface area contributed by atoms with Crippen molar-refractivity contribution in [2.24, 2.45) is 0 Å². The van der Waals surface area contributed by atoms with E-state index in [2.05, 4.69) is 0 Å². The molecule has 4 heavy (non-hydrogen) atoms. The molecule has 0 aromatic rings. The molecule has 31 valence electrons. The molecule has 0 nitrogen and oxygen atoms in total. The first-order valence-electron chi connectivity index (χ1n) is 0.239. The number of halogens is 2. The molecule has 0 heterocycles. The molecule has 0 amide bonds. The van der Waals surface area contributed by atoms with Crippen molar-refractivity contribution in [2.75, 3.05) is 0 Å². The molecule has 0 atom stereocenters. The van der Waals surface area contributed by atoms with Gasteiger partial charge < -0.3 is 0 Å². The predicted octanol–water partition coefficient (Wildman–Crippen LogP) is 0.835. The van der Waals surface area contributed by atoms with Gasteiger partial charge in [-0.3, -0.25) is 0 Å². The van der Waals surface area contributed by atoms with Gasteiger partial charge in [0.2, 0.25) is 0 Å². The molecular formula is F2MnNi. The van der Waals surface area contributed by atoms with Gasteiger partial charge in [-0.05, 0) is 0 Å². The Morgan fingerprint density at radius 2 is 1.25 bits per heavy atom. The number of rotatable bonds is 0. The van der Waals surface area contributed by atoms with Crippen molar-refractivity contribution >= 4 is 0 Å². The van der Waals surface area contributed by atoms with Crippen molar-refractivity contribution in [3.63, 3.8) is 0 Å². The summed E-state index contributed by atoms with van der Waals surface area (Å²) in [5.74, 6) is 0. The molecule has 0 N–H and O–H groups in total. The van der Waals surface area contributed by atoms with Crippen molar-refractivity contribution in [3.8, 4) is 0 Å². The second-order valence-corrected chi connectivity index (χ2v) is 0.186. The molecular weight excluding hydrogens is 152 g/mol. The van der Waals surface area contributed by atoms with E-state index in [1.165, 1.54) is 0 Å². The molecule has 1 radical (unpaired) electrons. The van der Waals surface area contributed by atoms with Gasteiger partial charge in [0.15, 0.2) is 0 Å². The summed E-state index contributed by atoms with van der Waals surface area (Å²) in [4.78, 5) is 0. The zero-order valence-corrected chi connectivity index (χ0v) is 3.62. The Balaban J connectivity index is 0. The van der Waals surface area contributed by atoms with Gasteiger partial charge in [-0.1, -0.05) is 0 Å². The first-order valence-corrected chi connectivity index (χ1v) is 0.986. The normalized spacial score (nSPS) is 5.50. The van der Waals surface area contributed by atoms with Crippen LogP contribution in [0.5, 0.6) is 0 Å². The van der Waals surface area contributed by atoms with Crippen LogP contribution in [0.15, 0.2) is 0 Å². The van der Waals surface area contributed by atoms with E-state index in [-0.39, 0.29) is 17.1 Å². The topological polar surface area (TPSA) is 0 Å². The van der Waals surface area contributed by atoms with Crippen LogP contribution in [0, 0.1) is 0 Å². The first kappa shape index (κ1) is 8.86. The molecule has 0 spiro atoms. The third-order valence-corrected chi connectivity index (χ3v) is 0. The Kier molecular flexibility index (Phi) is 20.2. The standard InChI is InChI=1S/2FH.Mn.Ni/h2*1H;;/q;;;+2/p-2. The van der Waals surface area contributed by atoms with Gasteiger partial charge in [-0.25, -0.2) is 0 Å². The maximum atomic E-state index is 9.56. The molecule has 0 rings (SSSR count). The van der Waals surface area contributed by atoms with E-state index in [0.29, 0.717) is 0 Å². The third kappa shape index (κ3) is 13.2. The van der Waals surface area contributed by atoms with E-state index in [1.807, 2.05) is 0 Å². The zero-order chi connectivity index (χ0) is 2.71. The molecule has 0 saturated carbocycles. The summed E-state index contributed by atoms with van der Waals surface area (Å²) < 4.78 is 19.1. The van der Waals surface area contributed by atoms with E-state index < -0.39 is 15.3 Å². The molecule has 4 heteroatoms. The van der Waals surface area contributed by atoms with Crippen LogP contribution in [0.2, 0.25) is 0 Å². The monoisotopic (exact) mass is 151 g/mol. The van der Waals surface area contributed by atoms with Crippen molar-refractivity contribution in [1.82, 2.24) is 0 Å². The Bertz CT molecular complexity index is 6.00. The van der Waals surface area contributed by atoms with Crippen LogP contribution >= 0.6 is 0 Å².